The minimum Gasteiger partial charge on any atom is -0.494 e. The lowest BCUT2D eigenvalue weighted by atomic mass is 10.0. The molecule has 0 saturated carbocycles. The van der Waals surface area contributed by atoms with Gasteiger partial charge in [0.1, 0.15) is 11.6 Å². The molecule has 0 aliphatic carbocycles. The molecule has 22 heavy (non-hydrogen) atoms. The minimum atomic E-state index is 0.558. The molecule has 0 amide bonds. The number of aliphatic imine (C=N–C) groups is 1. The Morgan fingerprint density at radius 1 is 0.955 bits per heavy atom. The van der Waals surface area contributed by atoms with E-state index in [9.17, 15) is 0 Å². The van der Waals surface area contributed by atoms with Crippen LogP contribution in [0.3, 0.4) is 0 Å². The molecule has 0 unspecified atom stereocenters. The molecular formula is C19H24N2O. The number of benzene rings is 2. The number of nitrogens with two attached hydrogens (primary N) is 1. The fourth-order valence-corrected chi connectivity index (χ4v) is 2.25. The monoisotopic (exact) mass is 296 g/mol. The number of nitrogens with zero attached hydrogens (tertiary/aromatic N) is 1. The molecule has 2 aromatic rings. The van der Waals surface area contributed by atoms with Gasteiger partial charge in [0, 0.05) is 12.6 Å². The summed E-state index contributed by atoms with van der Waals surface area (Å²) in [5, 5.41) is 0. The number of hydrogen-bond donors (Lipinski definition) is 1. The van der Waals surface area contributed by atoms with Crippen molar-refractivity contribution in [2.45, 2.75) is 26.2 Å². The number of unbranched alkanes of at least 4 members (excludes halogenated alkanes) is 2. The highest BCUT2D eigenvalue weighted by Crippen LogP contribution is 2.23. The number of hydrogen-bond acceptors (Lipinski definition) is 2. The Hall–Kier alpha value is -2.29. The Bertz CT molecular complexity index is 600. The van der Waals surface area contributed by atoms with Crippen molar-refractivity contribution in [2.24, 2.45) is 10.7 Å². The van der Waals surface area contributed by atoms with E-state index in [1.807, 2.05) is 24.3 Å². The SMILES string of the molecule is CCCCCOc1ccc(-c2ccc(C(N)=NC)cc2)cc1. The summed E-state index contributed by atoms with van der Waals surface area (Å²) in [5.74, 6) is 1.49. The van der Waals surface area contributed by atoms with E-state index in [-0.39, 0.29) is 0 Å². The molecule has 0 saturated heterocycles. The van der Waals surface area contributed by atoms with E-state index < -0.39 is 0 Å². The van der Waals surface area contributed by atoms with Gasteiger partial charge in [-0.3, -0.25) is 4.99 Å². The zero-order chi connectivity index (χ0) is 15.8. The first-order valence-corrected chi connectivity index (χ1v) is 7.80. The zero-order valence-electron chi connectivity index (χ0n) is 13.4. The van der Waals surface area contributed by atoms with Gasteiger partial charge in [-0.2, -0.15) is 0 Å². The van der Waals surface area contributed by atoms with Gasteiger partial charge < -0.3 is 10.5 Å². The number of rotatable bonds is 7. The first-order valence-electron chi connectivity index (χ1n) is 7.80. The number of amidine groups is 1. The lowest BCUT2D eigenvalue weighted by Crippen LogP contribution is -2.12. The third kappa shape index (κ3) is 4.35. The van der Waals surface area contributed by atoms with Gasteiger partial charge in [-0.05, 0) is 29.7 Å². The van der Waals surface area contributed by atoms with Gasteiger partial charge >= 0.3 is 0 Å². The lowest BCUT2D eigenvalue weighted by molar-refractivity contribution is 0.306. The Labute approximate surface area is 132 Å². The summed E-state index contributed by atoms with van der Waals surface area (Å²) in [5.41, 5.74) is 9.07. The van der Waals surface area contributed by atoms with Gasteiger partial charge in [-0.15, -0.1) is 0 Å². The molecule has 2 rings (SSSR count). The van der Waals surface area contributed by atoms with E-state index in [4.69, 9.17) is 10.5 Å². The van der Waals surface area contributed by atoms with Crippen molar-refractivity contribution in [3.8, 4) is 16.9 Å². The highest BCUT2D eigenvalue weighted by molar-refractivity contribution is 5.97. The average Bonchev–Trinajstić information content (AvgIpc) is 2.59. The normalized spacial score (nSPS) is 11.5. The maximum atomic E-state index is 5.80. The van der Waals surface area contributed by atoms with Gasteiger partial charge in [-0.1, -0.05) is 56.2 Å². The average molecular weight is 296 g/mol. The molecule has 0 bridgehead atoms. The Morgan fingerprint density at radius 3 is 2.09 bits per heavy atom. The molecule has 116 valence electrons. The fourth-order valence-electron chi connectivity index (χ4n) is 2.25. The maximum absolute atomic E-state index is 5.80. The van der Waals surface area contributed by atoms with Crippen molar-refractivity contribution >= 4 is 5.84 Å². The second-order valence-electron chi connectivity index (χ2n) is 5.27. The Morgan fingerprint density at radius 2 is 1.55 bits per heavy atom. The van der Waals surface area contributed by atoms with E-state index in [0.717, 1.165) is 29.9 Å². The summed E-state index contributed by atoms with van der Waals surface area (Å²) in [4.78, 5) is 3.99. The Balaban J connectivity index is 2.01. The number of ether oxygens (including phenoxy) is 1. The molecule has 3 heteroatoms. The molecule has 0 aromatic heterocycles. The predicted molar refractivity (Wildman–Crippen MR) is 93.5 cm³/mol. The second-order valence-corrected chi connectivity index (χ2v) is 5.27. The van der Waals surface area contributed by atoms with Crippen LogP contribution in [0.1, 0.15) is 31.7 Å². The second kappa shape index (κ2) is 8.23. The molecule has 0 aliphatic rings. The molecular weight excluding hydrogens is 272 g/mol. The van der Waals surface area contributed by atoms with Crippen molar-refractivity contribution in [1.82, 2.24) is 0 Å². The smallest absolute Gasteiger partial charge is 0.125 e. The summed E-state index contributed by atoms with van der Waals surface area (Å²) in [6.45, 7) is 2.98. The molecule has 0 heterocycles. The van der Waals surface area contributed by atoms with E-state index in [2.05, 4.69) is 36.2 Å². The van der Waals surface area contributed by atoms with Crippen molar-refractivity contribution in [1.29, 1.82) is 0 Å². The highest BCUT2D eigenvalue weighted by Gasteiger charge is 2.01. The highest BCUT2D eigenvalue weighted by atomic mass is 16.5. The molecule has 0 spiro atoms. The molecule has 0 atom stereocenters. The third-order valence-electron chi connectivity index (χ3n) is 3.63. The van der Waals surface area contributed by atoms with Crippen LogP contribution < -0.4 is 10.5 Å². The first-order chi connectivity index (χ1) is 10.7. The molecule has 0 aliphatic heterocycles. The third-order valence-corrected chi connectivity index (χ3v) is 3.63. The standard InChI is InChI=1S/C19H24N2O/c1-3-4-5-14-22-18-12-10-16(11-13-18)15-6-8-17(9-7-15)19(20)21-2/h6-13H,3-5,14H2,1-2H3,(H2,20,21). The summed E-state index contributed by atoms with van der Waals surface area (Å²) >= 11 is 0. The van der Waals surface area contributed by atoms with Crippen molar-refractivity contribution in [2.75, 3.05) is 13.7 Å². The quantitative estimate of drug-likeness (QED) is 0.471. The zero-order valence-corrected chi connectivity index (χ0v) is 13.4. The largest absolute Gasteiger partial charge is 0.494 e. The molecule has 0 radical (unpaired) electrons. The van der Waals surface area contributed by atoms with E-state index in [1.165, 1.54) is 18.4 Å². The molecule has 0 fully saturated rings. The predicted octanol–water partition coefficient (Wildman–Crippen LogP) is 4.26. The van der Waals surface area contributed by atoms with Crippen molar-refractivity contribution in [3.63, 3.8) is 0 Å². The van der Waals surface area contributed by atoms with Gasteiger partial charge in [0.05, 0.1) is 6.61 Å². The molecule has 2 N–H and O–H groups in total. The fraction of sp³-hybridized carbons (Fsp3) is 0.316. The summed E-state index contributed by atoms with van der Waals surface area (Å²) in [6.07, 6.45) is 3.54. The Kier molecular flexibility index (Phi) is 6.01. The van der Waals surface area contributed by atoms with Gasteiger partial charge in [0.15, 0.2) is 0 Å². The van der Waals surface area contributed by atoms with Gasteiger partial charge in [-0.25, -0.2) is 0 Å². The van der Waals surface area contributed by atoms with Gasteiger partial charge in [0.2, 0.25) is 0 Å². The first kappa shape index (κ1) is 16.1. The van der Waals surface area contributed by atoms with Crippen LogP contribution in [0.5, 0.6) is 5.75 Å². The summed E-state index contributed by atoms with van der Waals surface area (Å²) in [7, 11) is 1.70. The van der Waals surface area contributed by atoms with Crippen LogP contribution in [0.25, 0.3) is 11.1 Å². The van der Waals surface area contributed by atoms with Crippen LogP contribution in [-0.4, -0.2) is 19.5 Å². The van der Waals surface area contributed by atoms with Crippen molar-refractivity contribution in [3.05, 3.63) is 54.1 Å². The van der Waals surface area contributed by atoms with E-state index in [1.54, 1.807) is 7.05 Å². The van der Waals surface area contributed by atoms with Crippen LogP contribution in [0.15, 0.2) is 53.5 Å². The van der Waals surface area contributed by atoms with Crippen molar-refractivity contribution < 1.29 is 4.74 Å². The van der Waals surface area contributed by atoms with Gasteiger partial charge in [0.25, 0.3) is 0 Å². The molecule has 2 aromatic carbocycles. The van der Waals surface area contributed by atoms with Crippen LogP contribution in [0.4, 0.5) is 0 Å². The van der Waals surface area contributed by atoms with Crippen LogP contribution >= 0.6 is 0 Å². The summed E-state index contributed by atoms with van der Waals surface area (Å²) < 4.78 is 5.73. The van der Waals surface area contributed by atoms with Crippen LogP contribution in [-0.2, 0) is 0 Å². The van der Waals surface area contributed by atoms with Crippen LogP contribution in [0.2, 0.25) is 0 Å². The van der Waals surface area contributed by atoms with Crippen LogP contribution in [0, 0.1) is 0 Å². The maximum Gasteiger partial charge on any atom is 0.125 e. The molecule has 3 nitrogen and oxygen atoms in total. The van der Waals surface area contributed by atoms with E-state index >= 15 is 0 Å². The summed E-state index contributed by atoms with van der Waals surface area (Å²) in [6, 6.07) is 16.3. The lowest BCUT2D eigenvalue weighted by Gasteiger charge is -2.08. The topological polar surface area (TPSA) is 47.6 Å². The minimum absolute atomic E-state index is 0.558. The van der Waals surface area contributed by atoms with E-state index in [0.29, 0.717) is 5.84 Å².